The van der Waals surface area contributed by atoms with Gasteiger partial charge >= 0.3 is 0 Å². The van der Waals surface area contributed by atoms with Crippen LogP contribution < -0.4 is 0 Å². The summed E-state index contributed by atoms with van der Waals surface area (Å²) in [4.78, 5) is 2.45. The third-order valence-electron chi connectivity index (χ3n) is 4.30. The predicted octanol–water partition coefficient (Wildman–Crippen LogP) is 3.84. The van der Waals surface area contributed by atoms with E-state index in [2.05, 4.69) is 48.0 Å². The van der Waals surface area contributed by atoms with E-state index in [1.807, 2.05) is 12.1 Å². The lowest BCUT2D eigenvalue weighted by atomic mass is 9.99. The van der Waals surface area contributed by atoms with Crippen LogP contribution in [-0.4, -0.2) is 28.2 Å². The van der Waals surface area contributed by atoms with Crippen molar-refractivity contribution in [3.05, 3.63) is 35.7 Å². The van der Waals surface area contributed by atoms with Gasteiger partial charge in [-0.3, -0.25) is 4.90 Å². The van der Waals surface area contributed by atoms with Gasteiger partial charge in [-0.2, -0.15) is 0 Å². The highest BCUT2D eigenvalue weighted by molar-refractivity contribution is 5.53. The summed E-state index contributed by atoms with van der Waals surface area (Å²) in [6.07, 6.45) is 2.58. The first-order valence-corrected chi connectivity index (χ1v) is 7.78. The lowest BCUT2D eigenvalue weighted by Gasteiger charge is -2.33. The van der Waals surface area contributed by atoms with Crippen molar-refractivity contribution in [3.63, 3.8) is 0 Å². The number of likely N-dealkylation sites (tertiary alicyclic amines) is 1. The molecule has 0 unspecified atom stereocenters. The van der Waals surface area contributed by atoms with Gasteiger partial charge in [-0.25, -0.2) is 0 Å². The molecule has 1 fully saturated rings. The largest absolute Gasteiger partial charge is 0.419 e. The standard InChI is InChI=1S/C17H23N3O/c1-12-6-4-8-15(10-12)17-19-18-16(21-17)14(3)20-9-5-7-13(2)11-20/h4,6,8,10,13-14H,5,7,9,11H2,1-3H3/t13-,14+/m1/s1. The molecule has 0 spiro atoms. The van der Waals surface area contributed by atoms with E-state index in [1.165, 1.54) is 18.4 Å². The highest BCUT2D eigenvalue weighted by Crippen LogP contribution is 2.27. The molecule has 2 atom stereocenters. The molecule has 0 amide bonds. The van der Waals surface area contributed by atoms with Crippen molar-refractivity contribution < 1.29 is 4.42 Å². The summed E-state index contributed by atoms with van der Waals surface area (Å²) in [6.45, 7) is 8.77. The minimum absolute atomic E-state index is 0.193. The van der Waals surface area contributed by atoms with Gasteiger partial charge in [0.1, 0.15) is 0 Å². The molecular formula is C17H23N3O. The SMILES string of the molecule is Cc1cccc(-c2nnc([C@H](C)N3CCC[C@@H](C)C3)o2)c1. The van der Waals surface area contributed by atoms with Crippen LogP contribution in [0.2, 0.25) is 0 Å². The Bertz CT molecular complexity index is 608. The Morgan fingerprint density at radius 1 is 1.33 bits per heavy atom. The zero-order chi connectivity index (χ0) is 14.8. The molecule has 0 N–H and O–H groups in total. The van der Waals surface area contributed by atoms with E-state index in [9.17, 15) is 0 Å². The van der Waals surface area contributed by atoms with Crippen LogP contribution in [0.15, 0.2) is 28.7 Å². The maximum Gasteiger partial charge on any atom is 0.247 e. The van der Waals surface area contributed by atoms with E-state index in [4.69, 9.17) is 4.42 Å². The van der Waals surface area contributed by atoms with Gasteiger partial charge in [-0.15, -0.1) is 10.2 Å². The van der Waals surface area contributed by atoms with Gasteiger partial charge in [0, 0.05) is 12.1 Å². The number of aromatic nitrogens is 2. The van der Waals surface area contributed by atoms with Crippen LogP contribution >= 0.6 is 0 Å². The quantitative estimate of drug-likeness (QED) is 0.859. The second-order valence-electron chi connectivity index (χ2n) is 6.23. The Balaban J connectivity index is 1.78. The van der Waals surface area contributed by atoms with Crippen LogP contribution in [0.4, 0.5) is 0 Å². The summed E-state index contributed by atoms with van der Waals surface area (Å²) in [5.74, 6) is 2.09. The van der Waals surface area contributed by atoms with E-state index in [0.717, 1.165) is 30.5 Å². The summed E-state index contributed by atoms with van der Waals surface area (Å²) < 4.78 is 5.91. The first kappa shape index (κ1) is 14.3. The molecular weight excluding hydrogens is 262 g/mol. The van der Waals surface area contributed by atoms with E-state index >= 15 is 0 Å². The van der Waals surface area contributed by atoms with Gasteiger partial charge in [-0.05, 0) is 51.3 Å². The second kappa shape index (κ2) is 5.98. The Kier molecular flexibility index (Phi) is 4.06. The average molecular weight is 285 g/mol. The first-order valence-electron chi connectivity index (χ1n) is 7.78. The van der Waals surface area contributed by atoms with E-state index in [0.29, 0.717) is 5.89 Å². The summed E-state index contributed by atoms with van der Waals surface area (Å²) in [5, 5.41) is 8.48. The third-order valence-corrected chi connectivity index (χ3v) is 4.30. The lowest BCUT2D eigenvalue weighted by Crippen LogP contribution is -2.36. The molecule has 1 aliphatic rings. The molecule has 4 nitrogen and oxygen atoms in total. The van der Waals surface area contributed by atoms with Crippen molar-refractivity contribution in [3.8, 4) is 11.5 Å². The number of piperidine rings is 1. The molecule has 3 rings (SSSR count). The van der Waals surface area contributed by atoms with Crippen molar-refractivity contribution in [1.82, 2.24) is 15.1 Å². The van der Waals surface area contributed by atoms with Crippen LogP contribution in [0.5, 0.6) is 0 Å². The van der Waals surface area contributed by atoms with Crippen LogP contribution in [0.1, 0.15) is 44.2 Å². The van der Waals surface area contributed by atoms with Crippen molar-refractivity contribution in [2.45, 2.75) is 39.7 Å². The Hall–Kier alpha value is -1.68. The molecule has 2 aromatic rings. The monoisotopic (exact) mass is 285 g/mol. The highest BCUT2D eigenvalue weighted by Gasteiger charge is 2.25. The average Bonchev–Trinajstić information content (AvgIpc) is 2.96. The molecule has 112 valence electrons. The normalized spacial score (nSPS) is 21.4. The van der Waals surface area contributed by atoms with Crippen LogP contribution in [-0.2, 0) is 0 Å². The van der Waals surface area contributed by atoms with Gasteiger partial charge in [0.2, 0.25) is 11.8 Å². The maximum absolute atomic E-state index is 5.91. The third kappa shape index (κ3) is 3.16. The van der Waals surface area contributed by atoms with Crippen LogP contribution in [0, 0.1) is 12.8 Å². The molecule has 1 aromatic carbocycles. The lowest BCUT2D eigenvalue weighted by molar-refractivity contribution is 0.122. The van der Waals surface area contributed by atoms with Gasteiger partial charge < -0.3 is 4.42 Å². The minimum atomic E-state index is 0.193. The van der Waals surface area contributed by atoms with E-state index in [1.54, 1.807) is 0 Å². The fourth-order valence-corrected chi connectivity index (χ4v) is 3.03. The summed E-state index contributed by atoms with van der Waals surface area (Å²) >= 11 is 0. The molecule has 2 heterocycles. The molecule has 0 aliphatic carbocycles. The Labute approximate surface area is 126 Å². The van der Waals surface area contributed by atoms with Gasteiger partial charge in [0.15, 0.2) is 0 Å². The number of rotatable bonds is 3. The molecule has 4 heteroatoms. The summed E-state index contributed by atoms with van der Waals surface area (Å²) in [5.41, 5.74) is 2.19. The molecule has 1 aromatic heterocycles. The van der Waals surface area contributed by atoms with Crippen molar-refractivity contribution in [1.29, 1.82) is 0 Å². The summed E-state index contributed by atoms with van der Waals surface area (Å²) in [7, 11) is 0. The topological polar surface area (TPSA) is 42.2 Å². The number of nitrogens with zero attached hydrogens (tertiary/aromatic N) is 3. The fraction of sp³-hybridized carbons (Fsp3) is 0.529. The molecule has 21 heavy (non-hydrogen) atoms. The van der Waals surface area contributed by atoms with E-state index in [-0.39, 0.29) is 6.04 Å². The van der Waals surface area contributed by atoms with Gasteiger partial charge in [0.05, 0.1) is 6.04 Å². The zero-order valence-corrected chi connectivity index (χ0v) is 13.0. The van der Waals surface area contributed by atoms with E-state index < -0.39 is 0 Å². The summed E-state index contributed by atoms with van der Waals surface area (Å²) in [6, 6.07) is 8.37. The first-order chi connectivity index (χ1) is 10.1. The smallest absolute Gasteiger partial charge is 0.247 e. The van der Waals surface area contributed by atoms with Gasteiger partial charge in [0.25, 0.3) is 0 Å². The molecule has 1 aliphatic heterocycles. The Morgan fingerprint density at radius 2 is 2.19 bits per heavy atom. The molecule has 0 radical (unpaired) electrons. The second-order valence-corrected chi connectivity index (χ2v) is 6.23. The molecule has 1 saturated heterocycles. The predicted molar refractivity (Wildman–Crippen MR) is 82.9 cm³/mol. The number of aryl methyl sites for hydroxylation is 1. The maximum atomic E-state index is 5.91. The Morgan fingerprint density at radius 3 is 2.95 bits per heavy atom. The molecule has 0 bridgehead atoms. The molecule has 0 saturated carbocycles. The van der Waals surface area contributed by atoms with Gasteiger partial charge in [-0.1, -0.05) is 24.6 Å². The minimum Gasteiger partial charge on any atom is -0.419 e. The van der Waals surface area contributed by atoms with Crippen molar-refractivity contribution >= 4 is 0 Å². The number of benzene rings is 1. The van der Waals surface area contributed by atoms with Crippen LogP contribution in [0.25, 0.3) is 11.5 Å². The number of hydrogen-bond donors (Lipinski definition) is 0. The zero-order valence-electron chi connectivity index (χ0n) is 13.0. The van der Waals surface area contributed by atoms with Crippen molar-refractivity contribution in [2.24, 2.45) is 5.92 Å². The fourth-order valence-electron chi connectivity index (χ4n) is 3.03. The number of hydrogen-bond acceptors (Lipinski definition) is 4. The highest BCUT2D eigenvalue weighted by atomic mass is 16.4. The van der Waals surface area contributed by atoms with Crippen molar-refractivity contribution in [2.75, 3.05) is 13.1 Å². The van der Waals surface area contributed by atoms with Crippen LogP contribution in [0.3, 0.4) is 0 Å².